The van der Waals surface area contributed by atoms with Crippen molar-refractivity contribution in [1.82, 2.24) is 4.90 Å². The van der Waals surface area contributed by atoms with Crippen LogP contribution in [0.1, 0.15) is 11.1 Å². The molecule has 1 nitrogen and oxygen atoms in total. The summed E-state index contributed by atoms with van der Waals surface area (Å²) in [4.78, 5) is 2.38. The van der Waals surface area contributed by atoms with Crippen molar-refractivity contribution in [2.45, 2.75) is 13.0 Å². The summed E-state index contributed by atoms with van der Waals surface area (Å²) < 4.78 is 0. The molecular weight excluding hydrogens is 206 g/mol. The highest BCUT2D eigenvalue weighted by Crippen LogP contribution is 2.25. The molecular formula is C16H17N. The van der Waals surface area contributed by atoms with E-state index in [2.05, 4.69) is 60.5 Å². The molecule has 1 aliphatic rings. The molecule has 3 rings (SSSR count). The van der Waals surface area contributed by atoms with Crippen LogP contribution in [0.4, 0.5) is 0 Å². The van der Waals surface area contributed by atoms with Gasteiger partial charge in [-0.3, -0.25) is 0 Å². The maximum atomic E-state index is 2.38. The lowest BCUT2D eigenvalue weighted by molar-refractivity contribution is 0.313. The van der Waals surface area contributed by atoms with E-state index in [0.717, 1.165) is 6.54 Å². The fourth-order valence-electron chi connectivity index (χ4n) is 2.50. The fraction of sp³-hybridized carbons (Fsp3) is 0.250. The Kier molecular flexibility index (Phi) is 2.69. The van der Waals surface area contributed by atoms with Gasteiger partial charge in [-0.15, -0.1) is 0 Å². The first-order valence-corrected chi connectivity index (χ1v) is 6.19. The molecule has 17 heavy (non-hydrogen) atoms. The van der Waals surface area contributed by atoms with Crippen molar-refractivity contribution in [2.24, 2.45) is 0 Å². The molecule has 0 unspecified atom stereocenters. The van der Waals surface area contributed by atoms with Crippen LogP contribution in [0.2, 0.25) is 0 Å². The molecule has 0 fully saturated rings. The maximum absolute atomic E-state index is 2.38. The number of likely N-dealkylation sites (N-methyl/N-ethyl adjacent to an activating group) is 1. The Hall–Kier alpha value is -1.60. The van der Waals surface area contributed by atoms with Crippen LogP contribution in [-0.4, -0.2) is 18.5 Å². The number of hydrogen-bond donors (Lipinski definition) is 0. The zero-order valence-corrected chi connectivity index (χ0v) is 10.2. The van der Waals surface area contributed by atoms with Gasteiger partial charge in [0.15, 0.2) is 0 Å². The molecule has 0 amide bonds. The minimum absolute atomic E-state index is 1.09. The molecule has 0 aromatic heterocycles. The minimum atomic E-state index is 1.09. The van der Waals surface area contributed by atoms with Crippen molar-refractivity contribution in [1.29, 1.82) is 0 Å². The van der Waals surface area contributed by atoms with Gasteiger partial charge in [0.05, 0.1) is 0 Å². The molecule has 0 N–H and O–H groups in total. The number of hydrogen-bond acceptors (Lipinski definition) is 1. The van der Waals surface area contributed by atoms with Crippen molar-refractivity contribution in [2.75, 3.05) is 13.6 Å². The van der Waals surface area contributed by atoms with E-state index in [-0.39, 0.29) is 0 Å². The van der Waals surface area contributed by atoms with Crippen LogP contribution in [-0.2, 0) is 13.0 Å². The number of fused-ring (bicyclic) bond motifs is 1. The highest BCUT2D eigenvalue weighted by molar-refractivity contribution is 5.65. The predicted molar refractivity (Wildman–Crippen MR) is 71.9 cm³/mol. The van der Waals surface area contributed by atoms with Crippen molar-refractivity contribution in [3.05, 3.63) is 59.7 Å². The van der Waals surface area contributed by atoms with Gasteiger partial charge in [0.25, 0.3) is 0 Å². The molecule has 86 valence electrons. The average Bonchev–Trinajstić information content (AvgIpc) is 2.39. The van der Waals surface area contributed by atoms with E-state index < -0.39 is 0 Å². The number of nitrogens with zero attached hydrogens (tertiary/aromatic N) is 1. The normalized spacial score (nSPS) is 15.6. The summed E-state index contributed by atoms with van der Waals surface area (Å²) in [5.41, 5.74) is 5.66. The lowest BCUT2D eigenvalue weighted by Crippen LogP contribution is -2.26. The Morgan fingerprint density at radius 3 is 2.53 bits per heavy atom. The molecule has 0 radical (unpaired) electrons. The Labute approximate surface area is 103 Å². The summed E-state index contributed by atoms with van der Waals surface area (Å²) >= 11 is 0. The molecule has 0 bridgehead atoms. The topological polar surface area (TPSA) is 3.24 Å². The monoisotopic (exact) mass is 223 g/mol. The Bertz CT molecular complexity index is 516. The molecule has 0 saturated carbocycles. The van der Waals surface area contributed by atoms with E-state index in [0.29, 0.717) is 0 Å². The van der Waals surface area contributed by atoms with Gasteiger partial charge < -0.3 is 4.90 Å². The van der Waals surface area contributed by atoms with Crippen LogP contribution in [0.15, 0.2) is 48.5 Å². The zero-order chi connectivity index (χ0) is 11.7. The van der Waals surface area contributed by atoms with E-state index in [1.807, 2.05) is 0 Å². The molecule has 1 heteroatoms. The Morgan fingerprint density at radius 1 is 0.882 bits per heavy atom. The number of rotatable bonds is 1. The van der Waals surface area contributed by atoms with E-state index >= 15 is 0 Å². The van der Waals surface area contributed by atoms with Gasteiger partial charge >= 0.3 is 0 Å². The minimum Gasteiger partial charge on any atom is -0.302 e. The smallest absolute Gasteiger partial charge is 0.0233 e. The van der Waals surface area contributed by atoms with E-state index in [1.165, 1.54) is 35.2 Å². The number of benzene rings is 2. The van der Waals surface area contributed by atoms with Gasteiger partial charge in [0.2, 0.25) is 0 Å². The average molecular weight is 223 g/mol. The predicted octanol–water partition coefficient (Wildman–Crippen LogP) is 3.34. The quantitative estimate of drug-likeness (QED) is 0.716. The molecule has 0 aliphatic carbocycles. The van der Waals surface area contributed by atoms with Gasteiger partial charge in [0.1, 0.15) is 0 Å². The first-order chi connectivity index (χ1) is 8.33. The maximum Gasteiger partial charge on any atom is 0.0233 e. The second-order valence-electron chi connectivity index (χ2n) is 4.84. The van der Waals surface area contributed by atoms with Gasteiger partial charge in [-0.05, 0) is 35.7 Å². The fourth-order valence-corrected chi connectivity index (χ4v) is 2.50. The first-order valence-electron chi connectivity index (χ1n) is 6.19. The van der Waals surface area contributed by atoms with E-state index in [1.54, 1.807) is 0 Å². The van der Waals surface area contributed by atoms with Gasteiger partial charge in [0, 0.05) is 13.1 Å². The van der Waals surface area contributed by atoms with Crippen molar-refractivity contribution in [3.8, 4) is 11.1 Å². The standard InChI is InChI=1S/C16H17N/c1-17-10-9-15-11-14(7-8-16(15)12-17)13-5-3-2-4-6-13/h2-8,11H,9-10,12H2,1H3. The molecule has 2 aromatic rings. The largest absolute Gasteiger partial charge is 0.302 e. The van der Waals surface area contributed by atoms with Crippen LogP contribution in [0.3, 0.4) is 0 Å². The molecule has 1 heterocycles. The Morgan fingerprint density at radius 2 is 1.71 bits per heavy atom. The summed E-state index contributed by atoms with van der Waals surface area (Å²) in [5.74, 6) is 0. The van der Waals surface area contributed by atoms with Crippen molar-refractivity contribution in [3.63, 3.8) is 0 Å². The Balaban J connectivity index is 1.99. The molecule has 1 aliphatic heterocycles. The third-order valence-corrected chi connectivity index (χ3v) is 3.52. The van der Waals surface area contributed by atoms with Crippen LogP contribution in [0.5, 0.6) is 0 Å². The summed E-state index contributed by atoms with van der Waals surface area (Å²) in [6.45, 7) is 2.26. The molecule has 2 aromatic carbocycles. The SMILES string of the molecule is CN1CCc2cc(-c3ccccc3)ccc2C1. The van der Waals surface area contributed by atoms with Gasteiger partial charge in [-0.1, -0.05) is 48.5 Å². The van der Waals surface area contributed by atoms with Gasteiger partial charge in [-0.2, -0.15) is 0 Å². The zero-order valence-electron chi connectivity index (χ0n) is 10.2. The lowest BCUT2D eigenvalue weighted by atomic mass is 9.95. The third-order valence-electron chi connectivity index (χ3n) is 3.52. The van der Waals surface area contributed by atoms with Crippen molar-refractivity contribution >= 4 is 0 Å². The van der Waals surface area contributed by atoms with E-state index in [9.17, 15) is 0 Å². The van der Waals surface area contributed by atoms with Crippen LogP contribution >= 0.6 is 0 Å². The second kappa shape index (κ2) is 4.34. The van der Waals surface area contributed by atoms with E-state index in [4.69, 9.17) is 0 Å². The summed E-state index contributed by atoms with van der Waals surface area (Å²) in [6.07, 6.45) is 1.17. The van der Waals surface area contributed by atoms with Crippen molar-refractivity contribution < 1.29 is 0 Å². The molecule has 0 atom stereocenters. The summed E-state index contributed by atoms with van der Waals surface area (Å²) in [6, 6.07) is 17.5. The highest BCUT2D eigenvalue weighted by Gasteiger charge is 2.13. The van der Waals surface area contributed by atoms with Crippen LogP contribution < -0.4 is 0 Å². The van der Waals surface area contributed by atoms with Crippen LogP contribution in [0, 0.1) is 0 Å². The first kappa shape index (κ1) is 10.5. The van der Waals surface area contributed by atoms with Gasteiger partial charge in [-0.25, -0.2) is 0 Å². The lowest BCUT2D eigenvalue weighted by Gasteiger charge is -2.25. The highest BCUT2D eigenvalue weighted by atomic mass is 15.1. The third kappa shape index (κ3) is 2.11. The second-order valence-corrected chi connectivity index (χ2v) is 4.84. The van der Waals surface area contributed by atoms with Crippen LogP contribution in [0.25, 0.3) is 11.1 Å². The summed E-state index contributed by atoms with van der Waals surface area (Å²) in [7, 11) is 2.19. The molecule has 0 spiro atoms. The molecule has 0 saturated heterocycles. The summed E-state index contributed by atoms with van der Waals surface area (Å²) in [5, 5.41) is 0.